The highest BCUT2D eigenvalue weighted by atomic mass is 19.2. The Balaban J connectivity index is 2.11. The van der Waals surface area contributed by atoms with Gasteiger partial charge in [-0.3, -0.25) is 0 Å². The van der Waals surface area contributed by atoms with Gasteiger partial charge in [0.05, 0.1) is 0 Å². The molecule has 0 saturated heterocycles. The Bertz CT molecular complexity index is 586. The van der Waals surface area contributed by atoms with Gasteiger partial charge in [0.25, 0.3) is 0 Å². The Morgan fingerprint density at radius 1 is 1.12 bits per heavy atom. The van der Waals surface area contributed by atoms with E-state index in [1.807, 2.05) is 0 Å². The smallest absolute Gasteiger partial charge is 0.201 e. The second-order valence-corrected chi connectivity index (χ2v) is 7.03. The normalized spacial score (nSPS) is 20.3. The number of benzene rings is 1. The molecule has 1 saturated carbocycles. The molecule has 0 unspecified atom stereocenters. The first-order valence-electron chi connectivity index (χ1n) is 9.50. The summed E-state index contributed by atoms with van der Waals surface area (Å²) in [6.45, 7) is 9.61. The van der Waals surface area contributed by atoms with Crippen molar-refractivity contribution in [1.82, 2.24) is 0 Å². The lowest BCUT2D eigenvalue weighted by Gasteiger charge is -2.29. The topological polar surface area (TPSA) is 9.23 Å². The van der Waals surface area contributed by atoms with Gasteiger partial charge in [0.15, 0.2) is 11.6 Å². The van der Waals surface area contributed by atoms with E-state index >= 15 is 0 Å². The molecule has 25 heavy (non-hydrogen) atoms. The van der Waals surface area contributed by atoms with Crippen molar-refractivity contribution in [3.8, 4) is 5.75 Å². The maximum atomic E-state index is 14.6. The van der Waals surface area contributed by atoms with Crippen LogP contribution >= 0.6 is 0 Å². The molecule has 0 heterocycles. The van der Waals surface area contributed by atoms with Crippen LogP contribution in [0.15, 0.2) is 25.3 Å². The first-order valence-corrected chi connectivity index (χ1v) is 9.50. The van der Waals surface area contributed by atoms with E-state index in [4.69, 9.17) is 4.74 Å². The molecule has 1 aromatic rings. The fourth-order valence-corrected chi connectivity index (χ4v) is 3.83. The molecule has 0 bridgehead atoms. The predicted octanol–water partition coefficient (Wildman–Crippen LogP) is 7.03. The summed E-state index contributed by atoms with van der Waals surface area (Å²) < 4.78 is 34.4. The number of hydrogen-bond donors (Lipinski definition) is 0. The second-order valence-electron chi connectivity index (χ2n) is 7.03. The highest BCUT2D eigenvalue weighted by Crippen LogP contribution is 2.41. The fourth-order valence-electron chi connectivity index (χ4n) is 3.83. The van der Waals surface area contributed by atoms with Crippen LogP contribution in [0.1, 0.15) is 75.3 Å². The van der Waals surface area contributed by atoms with E-state index in [9.17, 15) is 8.78 Å². The van der Waals surface area contributed by atoms with Crippen LogP contribution in [-0.2, 0) is 0 Å². The lowest BCUT2D eigenvalue weighted by atomic mass is 9.76. The molecule has 0 spiro atoms. The van der Waals surface area contributed by atoms with Crippen molar-refractivity contribution in [3.63, 3.8) is 0 Å². The lowest BCUT2D eigenvalue weighted by Crippen LogP contribution is -2.15. The molecular formula is C22H30F2O. The molecule has 0 atom stereocenters. The Kier molecular flexibility index (Phi) is 7.67. The van der Waals surface area contributed by atoms with Crippen molar-refractivity contribution in [2.24, 2.45) is 5.92 Å². The molecule has 0 radical (unpaired) electrons. The summed E-state index contributed by atoms with van der Waals surface area (Å²) in [7, 11) is 0. The number of halogens is 2. The van der Waals surface area contributed by atoms with Crippen molar-refractivity contribution < 1.29 is 13.5 Å². The SMILES string of the molecule is C=CCOc1c(C=C)cc([C@H]2CC[C@H](CCCCC)CC2)c(F)c1F. The third-order valence-electron chi connectivity index (χ3n) is 5.29. The number of hydrogen-bond acceptors (Lipinski definition) is 1. The summed E-state index contributed by atoms with van der Waals surface area (Å²) >= 11 is 0. The van der Waals surface area contributed by atoms with Gasteiger partial charge >= 0.3 is 0 Å². The maximum absolute atomic E-state index is 14.6. The molecule has 3 heteroatoms. The molecule has 138 valence electrons. The third kappa shape index (κ3) is 4.93. The molecule has 0 amide bonds. The van der Waals surface area contributed by atoms with Crippen LogP contribution in [0.3, 0.4) is 0 Å². The van der Waals surface area contributed by atoms with Gasteiger partial charge in [-0.25, -0.2) is 4.39 Å². The summed E-state index contributed by atoms with van der Waals surface area (Å²) in [6, 6.07) is 1.71. The van der Waals surface area contributed by atoms with Crippen molar-refractivity contribution >= 4 is 6.08 Å². The second kappa shape index (κ2) is 9.74. The largest absolute Gasteiger partial charge is 0.486 e. The van der Waals surface area contributed by atoms with Gasteiger partial charge in [-0.1, -0.05) is 57.9 Å². The van der Waals surface area contributed by atoms with Gasteiger partial charge in [-0.15, -0.1) is 0 Å². The molecule has 1 aliphatic rings. The quantitative estimate of drug-likeness (QED) is 0.344. The van der Waals surface area contributed by atoms with Crippen LogP contribution in [0.2, 0.25) is 0 Å². The number of ether oxygens (including phenoxy) is 1. The van der Waals surface area contributed by atoms with Gasteiger partial charge in [0.2, 0.25) is 5.82 Å². The van der Waals surface area contributed by atoms with Crippen LogP contribution in [0.25, 0.3) is 6.08 Å². The lowest BCUT2D eigenvalue weighted by molar-refractivity contribution is 0.294. The molecule has 0 N–H and O–H groups in total. The van der Waals surface area contributed by atoms with E-state index < -0.39 is 11.6 Å². The summed E-state index contributed by atoms with van der Waals surface area (Å²) in [5.74, 6) is -0.906. The van der Waals surface area contributed by atoms with E-state index in [0.29, 0.717) is 11.1 Å². The van der Waals surface area contributed by atoms with Crippen molar-refractivity contribution in [2.75, 3.05) is 6.61 Å². The molecule has 0 aromatic heterocycles. The van der Waals surface area contributed by atoms with Crippen molar-refractivity contribution in [1.29, 1.82) is 0 Å². The minimum Gasteiger partial charge on any atom is -0.486 e. The summed E-state index contributed by atoms with van der Waals surface area (Å²) in [5.41, 5.74) is 0.992. The van der Waals surface area contributed by atoms with Crippen LogP contribution in [0, 0.1) is 17.6 Å². The molecule has 0 aliphatic heterocycles. The van der Waals surface area contributed by atoms with E-state index in [1.165, 1.54) is 37.8 Å². The minimum atomic E-state index is -0.903. The summed E-state index contributed by atoms with van der Waals surface area (Å²) in [6.07, 6.45) is 12.2. The number of rotatable bonds is 9. The standard InChI is InChI=1S/C22H30F2O/c1-4-7-8-9-16-10-12-18(13-11-16)19-15-17(6-3)22(25-14-5-2)21(24)20(19)23/h5-6,15-16,18H,2-4,7-14H2,1H3/t16-,18-. The summed E-state index contributed by atoms with van der Waals surface area (Å²) in [4.78, 5) is 0. The van der Waals surface area contributed by atoms with Gasteiger partial charge in [-0.05, 0) is 49.1 Å². The van der Waals surface area contributed by atoms with Crippen molar-refractivity contribution in [3.05, 3.63) is 48.1 Å². The minimum absolute atomic E-state index is 0.0654. The average Bonchev–Trinajstić information content (AvgIpc) is 2.64. The van der Waals surface area contributed by atoms with E-state index in [0.717, 1.165) is 31.6 Å². The van der Waals surface area contributed by atoms with E-state index in [1.54, 1.807) is 6.07 Å². The Morgan fingerprint density at radius 2 is 1.84 bits per heavy atom. The molecule has 1 aromatic carbocycles. The van der Waals surface area contributed by atoms with Gasteiger partial charge < -0.3 is 4.74 Å². The first kappa shape index (κ1) is 19.7. The predicted molar refractivity (Wildman–Crippen MR) is 101 cm³/mol. The van der Waals surface area contributed by atoms with Gasteiger partial charge in [0.1, 0.15) is 6.61 Å². The zero-order valence-corrected chi connectivity index (χ0v) is 15.3. The zero-order valence-electron chi connectivity index (χ0n) is 15.3. The van der Waals surface area contributed by atoms with Crippen molar-refractivity contribution in [2.45, 2.75) is 64.2 Å². The molecule has 1 nitrogen and oxygen atoms in total. The monoisotopic (exact) mass is 348 g/mol. The Hall–Kier alpha value is -1.64. The summed E-state index contributed by atoms with van der Waals surface area (Å²) in [5, 5.41) is 0. The fraction of sp³-hybridized carbons (Fsp3) is 0.545. The van der Waals surface area contributed by atoms with Gasteiger partial charge in [-0.2, -0.15) is 4.39 Å². The molecule has 2 rings (SSSR count). The maximum Gasteiger partial charge on any atom is 0.201 e. The zero-order chi connectivity index (χ0) is 18.2. The first-order chi connectivity index (χ1) is 12.1. The number of unbranched alkanes of at least 4 members (excludes halogenated alkanes) is 2. The third-order valence-corrected chi connectivity index (χ3v) is 5.29. The van der Waals surface area contributed by atoms with Crippen LogP contribution < -0.4 is 4.74 Å². The van der Waals surface area contributed by atoms with Crippen LogP contribution in [-0.4, -0.2) is 6.61 Å². The highest BCUT2D eigenvalue weighted by Gasteiger charge is 2.27. The van der Waals surface area contributed by atoms with Crippen LogP contribution in [0.5, 0.6) is 5.75 Å². The highest BCUT2D eigenvalue weighted by molar-refractivity contribution is 5.58. The van der Waals surface area contributed by atoms with E-state index in [-0.39, 0.29) is 18.3 Å². The molecular weight excluding hydrogens is 318 g/mol. The molecule has 1 fully saturated rings. The average molecular weight is 348 g/mol. The van der Waals surface area contributed by atoms with E-state index in [2.05, 4.69) is 20.1 Å². The Labute approximate surface area is 150 Å². The van der Waals surface area contributed by atoms with Gasteiger partial charge in [0, 0.05) is 5.56 Å². The van der Waals surface area contributed by atoms with Crippen LogP contribution in [0.4, 0.5) is 8.78 Å². The Morgan fingerprint density at radius 3 is 2.44 bits per heavy atom. The molecule has 1 aliphatic carbocycles.